The van der Waals surface area contributed by atoms with E-state index in [2.05, 4.69) is 4.98 Å². The third kappa shape index (κ3) is 3.54. The second kappa shape index (κ2) is 6.18. The zero-order chi connectivity index (χ0) is 16.6. The first-order valence-corrected chi connectivity index (χ1v) is 9.48. The van der Waals surface area contributed by atoms with E-state index in [-0.39, 0.29) is 17.9 Å². The number of rotatable bonds is 2. The Kier molecular flexibility index (Phi) is 4.39. The van der Waals surface area contributed by atoms with E-state index in [0.29, 0.717) is 38.5 Å². The molecule has 0 bridgehead atoms. The first-order valence-electron chi connectivity index (χ1n) is 7.63. The quantitative estimate of drug-likeness (QED) is 0.765. The van der Waals surface area contributed by atoms with E-state index in [1.165, 1.54) is 10.6 Å². The molecule has 0 unspecified atom stereocenters. The molecule has 0 spiro atoms. The number of sulfonamides is 1. The summed E-state index contributed by atoms with van der Waals surface area (Å²) in [5.41, 5.74) is 1.40. The van der Waals surface area contributed by atoms with Crippen molar-refractivity contribution in [3.8, 4) is 0 Å². The van der Waals surface area contributed by atoms with Gasteiger partial charge in [-0.15, -0.1) is 0 Å². The van der Waals surface area contributed by atoms with Crippen molar-refractivity contribution in [1.29, 1.82) is 0 Å². The molecule has 3 rings (SSSR count). The van der Waals surface area contributed by atoms with Crippen LogP contribution in [0.5, 0.6) is 0 Å². The molecule has 1 amide bonds. The van der Waals surface area contributed by atoms with E-state index in [9.17, 15) is 13.2 Å². The minimum Gasteiger partial charge on any atom is -0.375 e. The topological polar surface area (TPSA) is 79.8 Å². The normalized spacial score (nSPS) is 25.9. The smallest absolute Gasteiger partial charge is 0.272 e. The van der Waals surface area contributed by atoms with Crippen molar-refractivity contribution < 1.29 is 17.9 Å². The Morgan fingerprint density at radius 2 is 2.13 bits per heavy atom. The van der Waals surface area contributed by atoms with Gasteiger partial charge < -0.3 is 9.64 Å². The number of fused-ring (bicyclic) bond motifs is 1. The van der Waals surface area contributed by atoms with Crippen LogP contribution in [0.1, 0.15) is 16.1 Å². The summed E-state index contributed by atoms with van der Waals surface area (Å²) in [6.07, 6.45) is 2.72. The number of ether oxygens (including phenoxy) is 1. The summed E-state index contributed by atoms with van der Waals surface area (Å²) in [7, 11) is -3.25. The molecular formula is C15H21N3O4S. The second-order valence-electron chi connectivity index (χ2n) is 6.22. The van der Waals surface area contributed by atoms with Gasteiger partial charge in [0.2, 0.25) is 10.0 Å². The summed E-state index contributed by atoms with van der Waals surface area (Å²) in [5.74, 6) is -0.128. The molecule has 2 saturated heterocycles. The molecule has 1 aromatic heterocycles. The highest BCUT2D eigenvalue weighted by Gasteiger charge is 2.40. The minimum atomic E-state index is -3.25. The molecule has 1 aromatic rings. The van der Waals surface area contributed by atoms with Crippen molar-refractivity contribution in [3.05, 3.63) is 29.6 Å². The molecule has 0 radical (unpaired) electrons. The maximum Gasteiger partial charge on any atom is 0.272 e. The van der Waals surface area contributed by atoms with Crippen LogP contribution in [0.25, 0.3) is 0 Å². The Morgan fingerprint density at radius 3 is 2.83 bits per heavy atom. The molecule has 0 aliphatic carbocycles. The van der Waals surface area contributed by atoms with Crippen LogP contribution in [0.2, 0.25) is 0 Å². The SMILES string of the molecule is Cc1ccnc(C(=O)N2C[C@@H]3CN(S(C)(=O)=O)CCO[C@@H]3C2)c1. The molecule has 2 fully saturated rings. The monoisotopic (exact) mass is 339 g/mol. The molecule has 2 aliphatic heterocycles. The van der Waals surface area contributed by atoms with Crippen molar-refractivity contribution in [2.45, 2.75) is 13.0 Å². The third-order valence-corrected chi connectivity index (χ3v) is 5.65. The fourth-order valence-corrected chi connectivity index (χ4v) is 4.01. The summed E-state index contributed by atoms with van der Waals surface area (Å²) in [4.78, 5) is 18.4. The Hall–Kier alpha value is -1.51. The molecule has 0 saturated carbocycles. The van der Waals surface area contributed by atoms with Crippen LogP contribution in [0, 0.1) is 12.8 Å². The minimum absolute atomic E-state index is 0.000911. The lowest BCUT2D eigenvalue weighted by Crippen LogP contribution is -2.37. The average molecular weight is 339 g/mol. The van der Waals surface area contributed by atoms with Crippen LogP contribution in [0.4, 0.5) is 0 Å². The highest BCUT2D eigenvalue weighted by atomic mass is 32.2. The first kappa shape index (κ1) is 16.4. The molecule has 23 heavy (non-hydrogen) atoms. The summed E-state index contributed by atoms with van der Waals surface area (Å²) < 4.78 is 30.8. The summed E-state index contributed by atoms with van der Waals surface area (Å²) in [5, 5.41) is 0. The van der Waals surface area contributed by atoms with Gasteiger partial charge >= 0.3 is 0 Å². The molecule has 126 valence electrons. The van der Waals surface area contributed by atoms with Gasteiger partial charge in [0.25, 0.3) is 5.91 Å². The largest absolute Gasteiger partial charge is 0.375 e. The van der Waals surface area contributed by atoms with Crippen LogP contribution in [0.15, 0.2) is 18.3 Å². The zero-order valence-corrected chi connectivity index (χ0v) is 14.1. The van der Waals surface area contributed by atoms with E-state index < -0.39 is 10.0 Å². The fraction of sp³-hybridized carbons (Fsp3) is 0.600. The molecule has 7 nitrogen and oxygen atoms in total. The highest BCUT2D eigenvalue weighted by Crippen LogP contribution is 2.25. The number of nitrogens with zero attached hydrogens (tertiary/aromatic N) is 3. The predicted octanol–water partition coefficient (Wildman–Crippen LogP) is 0.122. The van der Waals surface area contributed by atoms with Crippen LogP contribution in [-0.2, 0) is 14.8 Å². The predicted molar refractivity (Wildman–Crippen MR) is 84.5 cm³/mol. The number of pyridine rings is 1. The summed E-state index contributed by atoms with van der Waals surface area (Å²) >= 11 is 0. The van der Waals surface area contributed by atoms with Gasteiger partial charge in [0.15, 0.2) is 0 Å². The summed E-state index contributed by atoms with van der Waals surface area (Å²) in [6.45, 7) is 4.02. The van der Waals surface area contributed by atoms with Gasteiger partial charge in [-0.25, -0.2) is 8.42 Å². The maximum atomic E-state index is 12.6. The number of amides is 1. The summed E-state index contributed by atoms with van der Waals surface area (Å²) in [6, 6.07) is 3.61. The van der Waals surface area contributed by atoms with Crippen molar-refractivity contribution >= 4 is 15.9 Å². The van der Waals surface area contributed by atoms with Crippen molar-refractivity contribution in [2.24, 2.45) is 5.92 Å². The fourth-order valence-electron chi connectivity index (χ4n) is 3.15. The van der Waals surface area contributed by atoms with Crippen LogP contribution < -0.4 is 0 Å². The van der Waals surface area contributed by atoms with Gasteiger partial charge in [-0.05, 0) is 24.6 Å². The number of carbonyl (C=O) groups is 1. The molecule has 3 heterocycles. The molecule has 2 aliphatic rings. The van der Waals surface area contributed by atoms with Gasteiger partial charge in [0.05, 0.1) is 19.0 Å². The van der Waals surface area contributed by atoms with Crippen LogP contribution >= 0.6 is 0 Å². The van der Waals surface area contributed by atoms with E-state index >= 15 is 0 Å². The lowest BCUT2D eigenvalue weighted by Gasteiger charge is -2.21. The van der Waals surface area contributed by atoms with E-state index in [1.54, 1.807) is 17.2 Å². The van der Waals surface area contributed by atoms with Gasteiger partial charge in [0.1, 0.15) is 5.69 Å². The lowest BCUT2D eigenvalue weighted by atomic mass is 10.1. The van der Waals surface area contributed by atoms with Gasteiger partial charge in [-0.3, -0.25) is 9.78 Å². The number of aryl methyl sites for hydroxylation is 1. The second-order valence-corrected chi connectivity index (χ2v) is 8.20. The number of carbonyl (C=O) groups excluding carboxylic acids is 1. The first-order chi connectivity index (χ1) is 10.8. The Labute approximate surface area is 136 Å². The van der Waals surface area contributed by atoms with E-state index in [0.717, 1.165) is 5.56 Å². The maximum absolute atomic E-state index is 12.6. The molecule has 2 atom stereocenters. The lowest BCUT2D eigenvalue weighted by molar-refractivity contribution is 0.0490. The molecule has 0 aromatic carbocycles. The molecule has 8 heteroatoms. The molecule has 0 N–H and O–H groups in total. The van der Waals surface area contributed by atoms with E-state index in [4.69, 9.17) is 4.74 Å². The Morgan fingerprint density at radius 1 is 1.35 bits per heavy atom. The zero-order valence-electron chi connectivity index (χ0n) is 13.3. The van der Waals surface area contributed by atoms with Crippen molar-refractivity contribution in [3.63, 3.8) is 0 Å². The van der Waals surface area contributed by atoms with Crippen molar-refractivity contribution in [2.75, 3.05) is 39.0 Å². The van der Waals surface area contributed by atoms with Crippen molar-refractivity contribution in [1.82, 2.24) is 14.2 Å². The van der Waals surface area contributed by atoms with Crippen LogP contribution in [0.3, 0.4) is 0 Å². The van der Waals surface area contributed by atoms with Gasteiger partial charge in [0, 0.05) is 38.3 Å². The number of hydrogen-bond acceptors (Lipinski definition) is 5. The van der Waals surface area contributed by atoms with Gasteiger partial charge in [-0.2, -0.15) is 4.31 Å². The standard InChI is InChI=1S/C15H21N3O4S/c1-11-3-4-16-13(7-11)15(19)17-8-12-9-18(23(2,20)21)5-6-22-14(12)10-17/h3-4,7,12,14H,5-6,8-10H2,1-2H3/t12-,14-/m1/s1. The van der Waals surface area contributed by atoms with E-state index in [1.807, 2.05) is 13.0 Å². The number of likely N-dealkylation sites (tertiary alicyclic amines) is 1. The number of hydrogen-bond donors (Lipinski definition) is 0. The van der Waals surface area contributed by atoms with Crippen LogP contribution in [-0.4, -0.2) is 73.7 Å². The highest BCUT2D eigenvalue weighted by molar-refractivity contribution is 7.88. The number of aromatic nitrogens is 1. The third-order valence-electron chi connectivity index (χ3n) is 4.38. The molecular weight excluding hydrogens is 318 g/mol. The average Bonchev–Trinajstić information content (AvgIpc) is 2.77. The Bertz CT molecular complexity index is 706. The van der Waals surface area contributed by atoms with Gasteiger partial charge in [-0.1, -0.05) is 0 Å². The Balaban J connectivity index is 1.73.